The number of carbonyl (C=O) groups is 1. The maximum absolute atomic E-state index is 13.4. The number of nitrogens with zero attached hydrogens (tertiary/aromatic N) is 2. The lowest BCUT2D eigenvalue weighted by atomic mass is 9.99. The first-order valence-corrected chi connectivity index (χ1v) is 25.3. The van der Waals surface area contributed by atoms with Crippen LogP contribution in [0.3, 0.4) is 0 Å². The molecule has 398 valence electrons. The second-order valence-corrected chi connectivity index (χ2v) is 19.1. The van der Waals surface area contributed by atoms with Crippen molar-refractivity contribution in [2.24, 2.45) is 0 Å². The first-order chi connectivity index (χ1) is 34.7. The van der Waals surface area contributed by atoms with Crippen LogP contribution in [0.25, 0.3) is 55.4 Å². The summed E-state index contributed by atoms with van der Waals surface area (Å²) >= 11 is 0. The van der Waals surface area contributed by atoms with E-state index in [1.165, 1.54) is 0 Å². The van der Waals surface area contributed by atoms with Gasteiger partial charge in [-0.15, -0.1) is 0 Å². The summed E-state index contributed by atoms with van der Waals surface area (Å²) in [5.74, 6) is -0.592. The number of fused-ring (bicyclic) bond motifs is 11. The Morgan fingerprint density at radius 2 is 0.945 bits per heavy atom. The van der Waals surface area contributed by atoms with E-state index in [9.17, 15) is 55.9 Å². The van der Waals surface area contributed by atoms with E-state index in [2.05, 4.69) is 91.1 Å². The second-order valence-electron chi connectivity index (χ2n) is 19.1. The number of aromatic amines is 3. The molecule has 2 aliphatic heterocycles. The van der Waals surface area contributed by atoms with Crippen molar-refractivity contribution in [3.8, 4) is 0 Å². The minimum Gasteiger partial charge on any atom is -0.464 e. The van der Waals surface area contributed by atoms with Crippen molar-refractivity contribution in [3.63, 3.8) is 0 Å². The van der Waals surface area contributed by atoms with Gasteiger partial charge in [0.2, 0.25) is 5.91 Å². The zero-order valence-corrected chi connectivity index (χ0v) is 43.1. The van der Waals surface area contributed by atoms with Gasteiger partial charge < -0.3 is 76.4 Å². The molecule has 19 heteroatoms. The first-order valence-electron chi connectivity index (χ1n) is 25.3. The Bertz CT molecular complexity index is 2950. The molecular formula is C54H76N7O12+. The fourth-order valence-corrected chi connectivity index (χ4v) is 10.0. The lowest BCUT2D eigenvalue weighted by Crippen LogP contribution is -2.77. The quantitative estimate of drug-likeness (QED) is 0.0394. The molecule has 16 N–H and O–H groups in total. The molecule has 0 radical (unpaired) electrons. The highest BCUT2D eigenvalue weighted by Crippen LogP contribution is 2.40. The van der Waals surface area contributed by atoms with Crippen LogP contribution >= 0.6 is 0 Å². The Kier molecular flexibility index (Phi) is 19.1. The summed E-state index contributed by atoms with van der Waals surface area (Å²) in [6.45, 7) is 14.2. The monoisotopic (exact) mass is 1010 g/mol. The minimum absolute atomic E-state index is 0.00750. The van der Waals surface area contributed by atoms with Gasteiger partial charge in [0.05, 0.1) is 48.5 Å². The van der Waals surface area contributed by atoms with Gasteiger partial charge in [-0.25, -0.2) is 15.0 Å². The molecule has 73 heavy (non-hydrogen) atoms. The summed E-state index contributed by atoms with van der Waals surface area (Å²) in [7, 11) is 0. The van der Waals surface area contributed by atoms with Crippen LogP contribution in [0.2, 0.25) is 0 Å². The Balaban J connectivity index is 1.54. The summed E-state index contributed by atoms with van der Waals surface area (Å²) < 4.78 is 0. The van der Waals surface area contributed by atoms with Crippen LogP contribution in [-0.2, 0) is 30.5 Å². The largest absolute Gasteiger partial charge is 0.464 e. The van der Waals surface area contributed by atoms with E-state index in [-0.39, 0.29) is 31.7 Å². The van der Waals surface area contributed by atoms with Gasteiger partial charge in [0.25, 0.3) is 0 Å². The summed E-state index contributed by atoms with van der Waals surface area (Å²) in [4.78, 5) is 37.7. The van der Waals surface area contributed by atoms with Gasteiger partial charge in [0.15, 0.2) is 6.54 Å². The average Bonchev–Trinajstić information content (AvgIpc) is 4.14. The second kappa shape index (κ2) is 24.6. The van der Waals surface area contributed by atoms with Gasteiger partial charge in [0, 0.05) is 46.1 Å². The van der Waals surface area contributed by atoms with Gasteiger partial charge in [-0.1, -0.05) is 27.7 Å². The van der Waals surface area contributed by atoms with E-state index in [0.717, 1.165) is 112 Å². The van der Waals surface area contributed by atoms with Crippen molar-refractivity contribution in [1.29, 1.82) is 0 Å². The molecule has 4 aromatic heterocycles. The van der Waals surface area contributed by atoms with E-state index in [1.807, 2.05) is 13.8 Å². The van der Waals surface area contributed by atoms with Crippen LogP contribution in [0.1, 0.15) is 123 Å². The van der Waals surface area contributed by atoms with Crippen molar-refractivity contribution in [2.45, 2.75) is 156 Å². The third-order valence-electron chi connectivity index (χ3n) is 14.6. The van der Waals surface area contributed by atoms with Crippen LogP contribution in [-0.4, -0.2) is 168 Å². The molecule has 0 unspecified atom stereocenters. The van der Waals surface area contributed by atoms with Crippen molar-refractivity contribution in [2.75, 3.05) is 26.3 Å². The Labute approximate surface area is 424 Å². The number of amides is 1. The molecule has 0 saturated heterocycles. The van der Waals surface area contributed by atoms with E-state index < -0.39 is 74.5 Å². The number of aliphatic hydroxyl groups excluding tert-OH is 11. The lowest BCUT2D eigenvalue weighted by Gasteiger charge is -2.25. The van der Waals surface area contributed by atoms with Gasteiger partial charge in [0.1, 0.15) is 42.7 Å². The smallest absolute Gasteiger partial charge is 0.332 e. The molecule has 6 heterocycles. The number of rotatable bonds is 22. The van der Waals surface area contributed by atoms with Crippen molar-refractivity contribution in [1.82, 2.24) is 30.2 Å². The normalized spacial score (nSPS) is 16.7. The number of aryl methyl sites for hydroxylation is 6. The predicted molar refractivity (Wildman–Crippen MR) is 281 cm³/mol. The number of hydrogen-bond donors (Lipinski definition) is 16. The van der Waals surface area contributed by atoms with E-state index in [1.54, 1.807) is 0 Å². The number of aromatic nitrogens is 5. The molecule has 0 spiro atoms. The van der Waals surface area contributed by atoms with E-state index >= 15 is 0 Å². The van der Waals surface area contributed by atoms with E-state index in [4.69, 9.17) is 15.1 Å². The fourth-order valence-electron chi connectivity index (χ4n) is 10.0. The molecule has 4 aromatic rings. The van der Waals surface area contributed by atoms with Crippen molar-refractivity contribution < 1.29 is 66.0 Å². The first kappa shape index (κ1) is 56.7. The predicted octanol–water partition coefficient (Wildman–Crippen LogP) is 1.67. The number of carbonyl (C=O) groups excluding carboxylic acids is 1. The Hall–Kier alpha value is -5.58. The standard InChI is InChI=1S/C54H75N7O12/c1-9-29-27(7)49-50-28(8)30(10-2)38(61-50)18-36-26(6)34(14-16-48(69)56-22-44(65)52(71)54(73)46(67)24-63)42(58-36)20-40-32(12-4)31(11-3)39(59-40)19-41-33(25(5)35(57-41)17-37(29)60-49)13-15-47(68)55-21-43(64)51(70)53(72)45(66)23-62/h17-20,43-46,51-54,57-59,62-67,70-73H,9-16,21-24H2,1-8H3,(H,55,68)(H,56,69)/p+1/t43-,44-,45+,46+,51+,52+,53+,54+/m0/s1. The number of nitrogens with one attached hydrogen (secondary N) is 5. The minimum atomic E-state index is -1.82. The molecule has 0 saturated carbocycles. The molecule has 6 rings (SSSR count). The molecule has 8 atom stereocenters. The molecule has 0 aliphatic carbocycles. The highest BCUT2D eigenvalue weighted by Gasteiger charge is 2.32. The number of aliphatic hydroxyl groups is 11. The molecule has 0 aromatic carbocycles. The third kappa shape index (κ3) is 12.2. The lowest BCUT2D eigenvalue weighted by molar-refractivity contribution is -0.483. The number of hydrogen-bond acceptors (Lipinski definition) is 13. The van der Waals surface area contributed by atoms with Crippen LogP contribution in [0.4, 0.5) is 0 Å². The molecule has 1 amide bonds. The average molecular weight is 1020 g/mol. The summed E-state index contributed by atoms with van der Waals surface area (Å²) in [6, 6.07) is 8.25. The molecule has 19 nitrogen and oxygen atoms in total. The Morgan fingerprint density at radius 1 is 0.548 bits per heavy atom. The molecule has 2 aliphatic rings. The summed E-state index contributed by atoms with van der Waals surface area (Å²) in [6.07, 6.45) is -10.2. The van der Waals surface area contributed by atoms with Crippen LogP contribution in [0, 0.1) is 13.8 Å². The zero-order valence-electron chi connectivity index (χ0n) is 43.1. The molecular weight excluding hydrogens is 939 g/mol. The SMILES string of the molecule is CCC1=C(C)c2nc1cc1[nH]c(cc3[nH]c(cc4[nH]c(cc5nc2C(C)=C5CC)c(C)c4CCC(O)=[NH+]C[C@H](O)[C@@H](O)[C@H](O)[C@H](O)CO)c(CC)c3CC)c(CCC(=O)NC[C@H](O)[C@@H](O)[C@H](O)[C@H](O)CO)c1C. The third-order valence-corrected chi connectivity index (χ3v) is 14.6. The fraction of sp³-hybridized carbons (Fsp3) is 0.519. The topological polar surface area (TPSA) is 339 Å². The summed E-state index contributed by atoms with van der Waals surface area (Å²) in [5, 5.41) is 113. The van der Waals surface area contributed by atoms with Crippen LogP contribution in [0.5, 0.6) is 0 Å². The van der Waals surface area contributed by atoms with Crippen molar-refractivity contribution in [3.05, 3.63) is 80.4 Å². The number of allylic oxidation sites excluding steroid dienone is 4. The maximum atomic E-state index is 13.4. The maximum Gasteiger partial charge on any atom is 0.332 e. The Morgan fingerprint density at radius 3 is 1.37 bits per heavy atom. The van der Waals surface area contributed by atoms with Gasteiger partial charge in [-0.3, -0.25) is 4.79 Å². The molecule has 0 fully saturated rings. The van der Waals surface area contributed by atoms with Crippen LogP contribution in [0.15, 0.2) is 24.3 Å². The summed E-state index contributed by atoms with van der Waals surface area (Å²) in [5.41, 5.74) is 18.1. The highest BCUT2D eigenvalue weighted by atomic mass is 16.4. The van der Waals surface area contributed by atoms with Gasteiger partial charge in [-0.05, 0) is 146 Å². The van der Waals surface area contributed by atoms with Gasteiger partial charge >= 0.3 is 5.90 Å². The van der Waals surface area contributed by atoms with Crippen molar-refractivity contribution >= 4 is 67.2 Å². The zero-order chi connectivity index (χ0) is 53.6. The highest BCUT2D eigenvalue weighted by molar-refractivity contribution is 6.00. The van der Waals surface area contributed by atoms with E-state index in [0.29, 0.717) is 32.1 Å². The molecule has 10 bridgehead atoms. The number of H-pyrrole nitrogens is 3. The van der Waals surface area contributed by atoms with Gasteiger partial charge in [-0.2, -0.15) is 0 Å². The van der Waals surface area contributed by atoms with Crippen LogP contribution < -0.4 is 10.3 Å².